The van der Waals surface area contributed by atoms with Gasteiger partial charge in [0.25, 0.3) is 0 Å². The van der Waals surface area contributed by atoms with Crippen LogP contribution in [0.3, 0.4) is 0 Å². The van der Waals surface area contributed by atoms with Crippen LogP contribution in [-0.4, -0.2) is 41.9 Å². The van der Waals surface area contributed by atoms with E-state index in [1.165, 1.54) is 17.7 Å². The highest BCUT2D eigenvalue weighted by atomic mass is 16.2. The summed E-state index contributed by atoms with van der Waals surface area (Å²) in [6, 6.07) is 9.32. The molecule has 31 heavy (non-hydrogen) atoms. The van der Waals surface area contributed by atoms with E-state index in [2.05, 4.69) is 24.5 Å². The molecule has 2 N–H and O–H groups in total. The van der Waals surface area contributed by atoms with Gasteiger partial charge in [0.2, 0.25) is 11.8 Å². The van der Waals surface area contributed by atoms with E-state index < -0.39 is 0 Å². The van der Waals surface area contributed by atoms with Crippen LogP contribution in [-0.2, 0) is 16.0 Å². The van der Waals surface area contributed by atoms with E-state index in [1.54, 1.807) is 0 Å². The third-order valence-electron chi connectivity index (χ3n) is 6.93. The number of nitrogens with zero attached hydrogens (tertiary/aromatic N) is 1. The van der Waals surface area contributed by atoms with Crippen LogP contribution < -0.4 is 10.6 Å². The van der Waals surface area contributed by atoms with Gasteiger partial charge in [0.1, 0.15) is 0 Å². The molecule has 1 aliphatic carbocycles. The summed E-state index contributed by atoms with van der Waals surface area (Å²) in [7, 11) is 0. The molecule has 4 atom stereocenters. The number of urea groups is 1. The molecule has 1 saturated heterocycles. The Kier molecular flexibility index (Phi) is 8.50. The van der Waals surface area contributed by atoms with Gasteiger partial charge in [-0.25, -0.2) is 4.79 Å². The summed E-state index contributed by atoms with van der Waals surface area (Å²) in [6.45, 7) is 5.47. The van der Waals surface area contributed by atoms with E-state index in [-0.39, 0.29) is 35.7 Å². The predicted molar refractivity (Wildman–Crippen MR) is 121 cm³/mol. The first-order valence-electron chi connectivity index (χ1n) is 12.0. The monoisotopic (exact) mass is 427 g/mol. The molecule has 0 aromatic heterocycles. The second-order valence-electron chi connectivity index (χ2n) is 9.06. The van der Waals surface area contributed by atoms with Crippen molar-refractivity contribution in [2.75, 3.05) is 13.1 Å². The molecule has 1 aromatic rings. The first-order valence-corrected chi connectivity index (χ1v) is 12.0. The molecule has 1 saturated carbocycles. The van der Waals surface area contributed by atoms with Crippen molar-refractivity contribution >= 4 is 17.8 Å². The zero-order valence-corrected chi connectivity index (χ0v) is 18.9. The molecule has 4 unspecified atom stereocenters. The summed E-state index contributed by atoms with van der Waals surface area (Å²) in [4.78, 5) is 39.7. The third-order valence-corrected chi connectivity index (χ3v) is 6.93. The van der Waals surface area contributed by atoms with E-state index in [0.717, 1.165) is 24.9 Å². The fraction of sp³-hybridized carbons (Fsp3) is 0.640. The Bertz CT molecular complexity index is 752. The summed E-state index contributed by atoms with van der Waals surface area (Å²) in [5, 5.41) is 6.14. The minimum atomic E-state index is -0.325. The maximum atomic E-state index is 13.0. The molecule has 1 aromatic carbocycles. The van der Waals surface area contributed by atoms with Gasteiger partial charge in [0.05, 0.1) is 5.92 Å². The molecule has 4 amide bonds. The lowest BCUT2D eigenvalue weighted by atomic mass is 9.76. The lowest BCUT2D eigenvalue weighted by Gasteiger charge is -2.42. The van der Waals surface area contributed by atoms with Gasteiger partial charge < -0.3 is 10.6 Å². The Labute approximate surface area is 186 Å². The van der Waals surface area contributed by atoms with Gasteiger partial charge in [-0.15, -0.1) is 0 Å². The molecule has 3 rings (SSSR count). The number of fused-ring (bicyclic) bond motifs is 1. The van der Waals surface area contributed by atoms with Crippen molar-refractivity contribution in [1.82, 2.24) is 15.5 Å². The Balaban J connectivity index is 1.50. The van der Waals surface area contributed by atoms with Crippen LogP contribution in [0.5, 0.6) is 0 Å². The van der Waals surface area contributed by atoms with E-state index in [4.69, 9.17) is 0 Å². The Morgan fingerprint density at radius 1 is 1.19 bits per heavy atom. The largest absolute Gasteiger partial charge is 0.356 e. The van der Waals surface area contributed by atoms with Crippen LogP contribution in [0.2, 0.25) is 0 Å². The maximum absolute atomic E-state index is 13.0. The standard InChI is InChI=1S/C25H37N3O3/c1-3-5-9-18(4-2)17-26-23(29)20-12-13-21-22(16-20)27-25(31)28(24(21)30)15-14-19-10-7-6-8-11-19/h6-8,10-11,18,20-22H,3-5,9,12-17H2,1-2H3,(H,26,29)(H,27,31). The van der Waals surface area contributed by atoms with Crippen molar-refractivity contribution in [3.8, 4) is 0 Å². The topological polar surface area (TPSA) is 78.5 Å². The number of imide groups is 1. The van der Waals surface area contributed by atoms with Gasteiger partial charge in [0, 0.05) is 25.0 Å². The zero-order valence-electron chi connectivity index (χ0n) is 18.9. The molecule has 1 heterocycles. The van der Waals surface area contributed by atoms with Gasteiger partial charge in [-0.1, -0.05) is 63.4 Å². The Hall–Kier alpha value is -2.37. The molecule has 0 bridgehead atoms. The summed E-state index contributed by atoms with van der Waals surface area (Å²) < 4.78 is 0. The van der Waals surface area contributed by atoms with Crippen molar-refractivity contribution < 1.29 is 14.4 Å². The van der Waals surface area contributed by atoms with E-state index in [1.807, 2.05) is 30.3 Å². The molecule has 6 nitrogen and oxygen atoms in total. The lowest BCUT2D eigenvalue weighted by molar-refractivity contribution is -0.139. The first kappa shape index (κ1) is 23.3. The second-order valence-corrected chi connectivity index (χ2v) is 9.06. The number of nitrogens with one attached hydrogen (secondary N) is 2. The summed E-state index contributed by atoms with van der Waals surface area (Å²) in [5.74, 6) is 0.157. The van der Waals surface area contributed by atoms with Gasteiger partial charge in [-0.05, 0) is 43.6 Å². The van der Waals surface area contributed by atoms with Crippen molar-refractivity contribution in [3.63, 3.8) is 0 Å². The Morgan fingerprint density at radius 2 is 1.97 bits per heavy atom. The highest BCUT2D eigenvalue weighted by Crippen LogP contribution is 2.33. The SMILES string of the molecule is CCCCC(CC)CNC(=O)C1CCC2C(=O)N(CCc3ccccc3)C(=O)NC2C1. The fourth-order valence-electron chi connectivity index (χ4n) is 4.83. The molecule has 2 aliphatic rings. The minimum absolute atomic E-state index is 0.0709. The van der Waals surface area contributed by atoms with Crippen LogP contribution >= 0.6 is 0 Å². The summed E-state index contributed by atoms with van der Waals surface area (Å²) in [5.41, 5.74) is 1.11. The highest BCUT2D eigenvalue weighted by Gasteiger charge is 2.45. The summed E-state index contributed by atoms with van der Waals surface area (Å²) in [6.07, 6.45) is 7.13. The van der Waals surface area contributed by atoms with E-state index in [9.17, 15) is 14.4 Å². The number of amides is 4. The molecular formula is C25H37N3O3. The Morgan fingerprint density at radius 3 is 2.68 bits per heavy atom. The first-order chi connectivity index (χ1) is 15.0. The van der Waals surface area contributed by atoms with Gasteiger partial charge in [0.15, 0.2) is 0 Å². The average molecular weight is 428 g/mol. The average Bonchev–Trinajstić information content (AvgIpc) is 2.79. The normalized spacial score (nSPS) is 24.3. The summed E-state index contributed by atoms with van der Waals surface area (Å²) >= 11 is 0. The maximum Gasteiger partial charge on any atom is 0.324 e. The zero-order chi connectivity index (χ0) is 22.2. The molecule has 6 heteroatoms. The van der Waals surface area contributed by atoms with Crippen molar-refractivity contribution in [2.45, 2.75) is 71.3 Å². The van der Waals surface area contributed by atoms with Crippen LogP contribution in [0.4, 0.5) is 4.79 Å². The number of hydrogen-bond acceptors (Lipinski definition) is 3. The van der Waals surface area contributed by atoms with E-state index >= 15 is 0 Å². The number of unbranched alkanes of at least 4 members (excludes halogenated alkanes) is 1. The molecule has 0 spiro atoms. The quantitative estimate of drug-likeness (QED) is 0.594. The number of rotatable bonds is 10. The second kappa shape index (κ2) is 11.3. The van der Waals surface area contributed by atoms with Gasteiger partial charge in [-0.2, -0.15) is 0 Å². The van der Waals surface area contributed by atoms with Crippen LogP contribution in [0, 0.1) is 17.8 Å². The fourth-order valence-corrected chi connectivity index (χ4v) is 4.83. The minimum Gasteiger partial charge on any atom is -0.356 e. The smallest absolute Gasteiger partial charge is 0.324 e. The van der Waals surface area contributed by atoms with Gasteiger partial charge >= 0.3 is 6.03 Å². The molecule has 170 valence electrons. The lowest BCUT2D eigenvalue weighted by Crippen LogP contribution is -2.62. The van der Waals surface area contributed by atoms with Crippen molar-refractivity contribution in [2.24, 2.45) is 17.8 Å². The highest BCUT2D eigenvalue weighted by molar-refractivity contribution is 5.99. The molecule has 0 radical (unpaired) electrons. The molecule has 2 fully saturated rings. The van der Waals surface area contributed by atoms with Crippen molar-refractivity contribution in [3.05, 3.63) is 35.9 Å². The van der Waals surface area contributed by atoms with Crippen LogP contribution in [0.25, 0.3) is 0 Å². The number of benzene rings is 1. The molecule has 1 aliphatic heterocycles. The number of carbonyl (C=O) groups excluding carboxylic acids is 3. The van der Waals surface area contributed by atoms with E-state index in [0.29, 0.717) is 38.1 Å². The van der Waals surface area contributed by atoms with Crippen LogP contribution in [0.15, 0.2) is 30.3 Å². The number of carbonyl (C=O) groups is 3. The molecular weight excluding hydrogens is 390 g/mol. The van der Waals surface area contributed by atoms with Gasteiger partial charge in [-0.3, -0.25) is 14.5 Å². The number of hydrogen-bond donors (Lipinski definition) is 2. The predicted octanol–water partition coefficient (Wildman–Crippen LogP) is 3.90. The third kappa shape index (κ3) is 6.08. The van der Waals surface area contributed by atoms with Crippen molar-refractivity contribution in [1.29, 1.82) is 0 Å². The van der Waals surface area contributed by atoms with Crippen LogP contribution in [0.1, 0.15) is 64.4 Å².